The first-order valence-corrected chi connectivity index (χ1v) is 7.34. The summed E-state index contributed by atoms with van der Waals surface area (Å²) in [6, 6.07) is 7.77. The molecule has 1 aliphatic carbocycles. The normalized spacial score (nSPS) is 28.6. The first-order valence-electron chi connectivity index (χ1n) is 6.96. The van der Waals surface area contributed by atoms with Crippen molar-refractivity contribution in [1.29, 1.82) is 0 Å². The summed E-state index contributed by atoms with van der Waals surface area (Å²) in [6.07, 6.45) is 2.12. The number of halogens is 1. The lowest BCUT2D eigenvalue weighted by Crippen LogP contribution is -2.48. The summed E-state index contributed by atoms with van der Waals surface area (Å²) < 4.78 is 0. The minimum absolute atomic E-state index is 0.0637. The Morgan fingerprint density at radius 3 is 2.70 bits per heavy atom. The zero-order valence-electron chi connectivity index (χ0n) is 11.1. The van der Waals surface area contributed by atoms with Crippen LogP contribution in [0.2, 0.25) is 5.02 Å². The van der Waals surface area contributed by atoms with Gasteiger partial charge in [0.1, 0.15) is 0 Å². The first-order chi connectivity index (χ1) is 9.63. The van der Waals surface area contributed by atoms with E-state index >= 15 is 0 Å². The van der Waals surface area contributed by atoms with E-state index in [9.17, 15) is 9.59 Å². The molecule has 0 bridgehead atoms. The molecule has 2 aliphatic rings. The highest BCUT2D eigenvalue weighted by atomic mass is 35.5. The Kier molecular flexibility index (Phi) is 3.66. The van der Waals surface area contributed by atoms with E-state index < -0.39 is 0 Å². The molecule has 1 saturated carbocycles. The Hall–Kier alpha value is -1.55. The largest absolute Gasteiger partial charge is 0.354 e. The highest BCUT2D eigenvalue weighted by Crippen LogP contribution is 2.47. The first kappa shape index (κ1) is 13.4. The summed E-state index contributed by atoms with van der Waals surface area (Å²) in [5.74, 6) is 0.548. The third kappa shape index (κ3) is 2.96. The second-order valence-electron chi connectivity index (χ2n) is 5.55. The van der Waals surface area contributed by atoms with Crippen LogP contribution >= 0.6 is 11.6 Å². The van der Waals surface area contributed by atoms with Gasteiger partial charge in [-0.1, -0.05) is 23.7 Å². The molecule has 1 heterocycles. The number of piperidine rings is 1. The van der Waals surface area contributed by atoms with Crippen molar-refractivity contribution < 1.29 is 9.59 Å². The van der Waals surface area contributed by atoms with Gasteiger partial charge in [0.2, 0.25) is 11.8 Å². The van der Waals surface area contributed by atoms with E-state index in [0.717, 1.165) is 12.8 Å². The maximum atomic E-state index is 12.2. The zero-order valence-corrected chi connectivity index (χ0v) is 11.8. The molecule has 0 radical (unpaired) electrons. The van der Waals surface area contributed by atoms with E-state index in [4.69, 9.17) is 11.6 Å². The molecule has 1 saturated heterocycles. The van der Waals surface area contributed by atoms with Crippen molar-refractivity contribution >= 4 is 23.4 Å². The molecule has 0 aromatic heterocycles. The van der Waals surface area contributed by atoms with Crippen LogP contribution in [0.3, 0.4) is 0 Å². The smallest absolute Gasteiger partial charge is 0.224 e. The Labute approximate surface area is 122 Å². The molecule has 2 fully saturated rings. The van der Waals surface area contributed by atoms with Crippen molar-refractivity contribution in [2.75, 3.05) is 6.54 Å². The molecule has 0 spiro atoms. The summed E-state index contributed by atoms with van der Waals surface area (Å²) in [4.78, 5) is 23.2. The summed E-state index contributed by atoms with van der Waals surface area (Å²) in [5.41, 5.74) is 1.17. The lowest BCUT2D eigenvalue weighted by molar-refractivity contribution is -0.126. The van der Waals surface area contributed by atoms with Crippen LogP contribution in [-0.4, -0.2) is 24.4 Å². The van der Waals surface area contributed by atoms with Crippen molar-refractivity contribution in [3.63, 3.8) is 0 Å². The average Bonchev–Trinajstić information content (AvgIpc) is 3.23. The zero-order chi connectivity index (χ0) is 14.1. The Balaban J connectivity index is 1.52. The molecule has 1 aromatic carbocycles. The van der Waals surface area contributed by atoms with Crippen LogP contribution in [0, 0.1) is 5.92 Å². The van der Waals surface area contributed by atoms with E-state index in [1.807, 2.05) is 24.3 Å². The van der Waals surface area contributed by atoms with Gasteiger partial charge in [-0.25, -0.2) is 0 Å². The number of nitrogens with one attached hydrogen (secondary N) is 2. The monoisotopic (exact) mass is 292 g/mol. The summed E-state index contributed by atoms with van der Waals surface area (Å²) >= 11 is 5.86. The second kappa shape index (κ2) is 5.44. The van der Waals surface area contributed by atoms with E-state index in [2.05, 4.69) is 10.6 Å². The van der Waals surface area contributed by atoms with Crippen LogP contribution in [0.15, 0.2) is 24.3 Å². The number of rotatable bonds is 3. The number of hydrogen-bond acceptors (Lipinski definition) is 2. The van der Waals surface area contributed by atoms with Gasteiger partial charge in [0, 0.05) is 29.9 Å². The summed E-state index contributed by atoms with van der Waals surface area (Å²) in [7, 11) is 0. The third-order valence-corrected chi connectivity index (χ3v) is 4.29. The summed E-state index contributed by atoms with van der Waals surface area (Å²) in [5, 5.41) is 6.53. The molecule has 2 amide bonds. The van der Waals surface area contributed by atoms with Gasteiger partial charge in [-0.2, -0.15) is 0 Å². The molecule has 3 atom stereocenters. The molecule has 0 unspecified atom stereocenters. The standard InChI is InChI=1S/C15H17ClN2O2/c16-10-3-1-9(2-4-10)12-7-13(12)15(20)18-11-5-6-14(19)17-8-11/h1-4,11-13H,5-8H2,(H,17,19)(H,18,20)/t11-,12+,13-/m0/s1. The van der Waals surface area contributed by atoms with Gasteiger partial charge in [0.25, 0.3) is 0 Å². The van der Waals surface area contributed by atoms with Gasteiger partial charge in [-0.15, -0.1) is 0 Å². The van der Waals surface area contributed by atoms with Gasteiger partial charge >= 0.3 is 0 Å². The van der Waals surface area contributed by atoms with Crippen molar-refractivity contribution in [3.05, 3.63) is 34.9 Å². The minimum atomic E-state index is 0.0637. The van der Waals surface area contributed by atoms with Crippen LogP contribution in [0.5, 0.6) is 0 Å². The number of carbonyl (C=O) groups is 2. The number of carbonyl (C=O) groups excluding carboxylic acids is 2. The Bertz CT molecular complexity index is 519. The second-order valence-corrected chi connectivity index (χ2v) is 5.98. The van der Waals surface area contributed by atoms with E-state index in [1.165, 1.54) is 5.56 Å². The SMILES string of the molecule is O=C1CC[C@H](NC(=O)[C@H]2C[C@@H]2c2ccc(Cl)cc2)CN1. The molecule has 2 N–H and O–H groups in total. The van der Waals surface area contributed by atoms with Gasteiger partial charge in [0.05, 0.1) is 0 Å². The maximum absolute atomic E-state index is 12.2. The molecule has 1 aliphatic heterocycles. The lowest BCUT2D eigenvalue weighted by atomic mass is 10.1. The van der Waals surface area contributed by atoms with E-state index in [1.54, 1.807) is 0 Å². The van der Waals surface area contributed by atoms with Gasteiger partial charge < -0.3 is 10.6 Å². The molecule has 20 heavy (non-hydrogen) atoms. The highest BCUT2D eigenvalue weighted by molar-refractivity contribution is 6.30. The molecule has 1 aromatic rings. The van der Waals surface area contributed by atoms with Crippen molar-refractivity contribution in [2.24, 2.45) is 5.92 Å². The quantitative estimate of drug-likeness (QED) is 0.893. The molecular formula is C15H17ClN2O2. The predicted octanol–water partition coefficient (Wildman–Crippen LogP) is 1.84. The van der Waals surface area contributed by atoms with Crippen LogP contribution < -0.4 is 10.6 Å². The van der Waals surface area contributed by atoms with Gasteiger partial charge in [-0.05, 0) is 36.5 Å². The topological polar surface area (TPSA) is 58.2 Å². The van der Waals surface area contributed by atoms with Crippen LogP contribution in [0.1, 0.15) is 30.7 Å². The third-order valence-electron chi connectivity index (χ3n) is 4.04. The average molecular weight is 293 g/mol. The fraction of sp³-hybridized carbons (Fsp3) is 0.467. The lowest BCUT2D eigenvalue weighted by Gasteiger charge is -2.23. The van der Waals surface area contributed by atoms with Gasteiger partial charge in [0.15, 0.2) is 0 Å². The highest BCUT2D eigenvalue weighted by Gasteiger charge is 2.44. The van der Waals surface area contributed by atoms with Crippen LogP contribution in [0.4, 0.5) is 0 Å². The van der Waals surface area contributed by atoms with Gasteiger partial charge in [-0.3, -0.25) is 9.59 Å². The molecule has 4 nitrogen and oxygen atoms in total. The number of hydrogen-bond donors (Lipinski definition) is 2. The summed E-state index contributed by atoms with van der Waals surface area (Å²) in [6.45, 7) is 0.545. The molecule has 3 rings (SSSR count). The number of amides is 2. The van der Waals surface area contributed by atoms with Crippen molar-refractivity contribution in [1.82, 2.24) is 10.6 Å². The molecule has 106 valence electrons. The Morgan fingerprint density at radius 2 is 2.05 bits per heavy atom. The predicted molar refractivity (Wildman–Crippen MR) is 76.5 cm³/mol. The fourth-order valence-electron chi connectivity index (χ4n) is 2.73. The van der Waals surface area contributed by atoms with Crippen molar-refractivity contribution in [3.8, 4) is 0 Å². The van der Waals surface area contributed by atoms with Crippen LogP contribution in [0.25, 0.3) is 0 Å². The minimum Gasteiger partial charge on any atom is -0.354 e. The number of benzene rings is 1. The maximum Gasteiger partial charge on any atom is 0.224 e. The van der Waals surface area contributed by atoms with E-state index in [-0.39, 0.29) is 23.8 Å². The Morgan fingerprint density at radius 1 is 1.30 bits per heavy atom. The van der Waals surface area contributed by atoms with Crippen molar-refractivity contribution in [2.45, 2.75) is 31.2 Å². The fourth-order valence-corrected chi connectivity index (χ4v) is 2.85. The van der Waals surface area contributed by atoms with E-state index in [0.29, 0.717) is 23.9 Å². The molecular weight excluding hydrogens is 276 g/mol. The molecule has 5 heteroatoms. The van der Waals surface area contributed by atoms with Crippen LogP contribution in [-0.2, 0) is 9.59 Å².